The number of likely N-dealkylation sites (tertiary alicyclic amines) is 1. The van der Waals surface area contributed by atoms with Gasteiger partial charge in [-0.3, -0.25) is 9.52 Å². The number of rotatable bonds is 5. The number of halogens is 1. The van der Waals surface area contributed by atoms with Crippen LogP contribution in [0, 0.1) is 5.82 Å². The number of carbonyl (C=O) groups is 1. The molecule has 1 aliphatic heterocycles. The van der Waals surface area contributed by atoms with Gasteiger partial charge in [0.25, 0.3) is 15.9 Å². The van der Waals surface area contributed by atoms with E-state index in [-0.39, 0.29) is 28.1 Å². The van der Waals surface area contributed by atoms with Crippen molar-refractivity contribution < 1.29 is 17.6 Å². The van der Waals surface area contributed by atoms with Gasteiger partial charge in [0, 0.05) is 6.04 Å². The summed E-state index contributed by atoms with van der Waals surface area (Å²) >= 11 is 0. The molecule has 1 saturated heterocycles. The lowest BCUT2D eigenvalue weighted by Crippen LogP contribution is -2.43. The zero-order valence-electron chi connectivity index (χ0n) is 15.0. The van der Waals surface area contributed by atoms with E-state index >= 15 is 0 Å². The van der Waals surface area contributed by atoms with Crippen molar-refractivity contribution in [2.45, 2.75) is 23.8 Å². The molecular formula is C19H22FN3O3S. The van der Waals surface area contributed by atoms with Gasteiger partial charge in [0.2, 0.25) is 0 Å². The second-order valence-electron chi connectivity index (χ2n) is 6.66. The molecule has 8 heteroatoms. The fraction of sp³-hybridized carbons (Fsp3) is 0.316. The molecule has 144 valence electrons. The van der Waals surface area contributed by atoms with Crippen LogP contribution in [0.1, 0.15) is 23.2 Å². The largest absolute Gasteiger partial charge is 0.349 e. The molecule has 6 nitrogen and oxygen atoms in total. The van der Waals surface area contributed by atoms with Gasteiger partial charge < -0.3 is 10.2 Å². The summed E-state index contributed by atoms with van der Waals surface area (Å²) in [7, 11) is -1.89. The Balaban J connectivity index is 1.77. The molecule has 0 bridgehead atoms. The highest BCUT2D eigenvalue weighted by molar-refractivity contribution is 7.92. The molecular weight excluding hydrogens is 369 g/mol. The van der Waals surface area contributed by atoms with Crippen LogP contribution in [-0.2, 0) is 10.0 Å². The first-order valence-corrected chi connectivity index (χ1v) is 10.2. The maximum absolute atomic E-state index is 13.0. The van der Waals surface area contributed by atoms with Crippen LogP contribution in [0.2, 0.25) is 0 Å². The highest BCUT2D eigenvalue weighted by atomic mass is 32.2. The van der Waals surface area contributed by atoms with Gasteiger partial charge in [-0.2, -0.15) is 0 Å². The molecule has 0 unspecified atom stereocenters. The van der Waals surface area contributed by atoms with Crippen molar-refractivity contribution in [1.82, 2.24) is 10.2 Å². The van der Waals surface area contributed by atoms with Crippen LogP contribution in [0.25, 0.3) is 0 Å². The Bertz CT molecular complexity index is 908. The van der Waals surface area contributed by atoms with Gasteiger partial charge in [-0.25, -0.2) is 12.8 Å². The molecule has 0 aliphatic carbocycles. The third kappa shape index (κ3) is 4.84. The molecule has 1 heterocycles. The first-order chi connectivity index (χ1) is 12.8. The van der Waals surface area contributed by atoms with E-state index in [0.717, 1.165) is 38.1 Å². The molecule has 0 saturated carbocycles. The Labute approximate surface area is 158 Å². The summed E-state index contributed by atoms with van der Waals surface area (Å²) in [4.78, 5) is 14.8. The normalized spacial score (nSPS) is 16.1. The van der Waals surface area contributed by atoms with Gasteiger partial charge in [-0.15, -0.1) is 0 Å². The van der Waals surface area contributed by atoms with Crippen LogP contribution in [0.4, 0.5) is 10.1 Å². The minimum Gasteiger partial charge on any atom is -0.349 e. The van der Waals surface area contributed by atoms with Crippen molar-refractivity contribution in [3.8, 4) is 0 Å². The number of hydrogen-bond acceptors (Lipinski definition) is 4. The van der Waals surface area contributed by atoms with E-state index in [1.165, 1.54) is 18.2 Å². The van der Waals surface area contributed by atoms with Crippen LogP contribution in [0.3, 0.4) is 0 Å². The lowest BCUT2D eigenvalue weighted by Gasteiger charge is -2.29. The fourth-order valence-electron chi connectivity index (χ4n) is 3.00. The van der Waals surface area contributed by atoms with Crippen molar-refractivity contribution in [1.29, 1.82) is 0 Å². The summed E-state index contributed by atoms with van der Waals surface area (Å²) in [5, 5.41) is 2.98. The molecule has 0 aromatic heterocycles. The van der Waals surface area contributed by atoms with E-state index in [1.807, 2.05) is 7.05 Å². The number of nitrogens with zero attached hydrogens (tertiary/aromatic N) is 1. The number of hydrogen-bond donors (Lipinski definition) is 2. The molecule has 2 aromatic carbocycles. The first-order valence-electron chi connectivity index (χ1n) is 8.72. The van der Waals surface area contributed by atoms with Crippen molar-refractivity contribution in [2.75, 3.05) is 24.9 Å². The second-order valence-corrected chi connectivity index (χ2v) is 8.34. The third-order valence-electron chi connectivity index (χ3n) is 4.59. The average Bonchev–Trinajstić information content (AvgIpc) is 2.64. The Kier molecular flexibility index (Phi) is 5.76. The fourth-order valence-corrected chi connectivity index (χ4v) is 4.08. The zero-order valence-corrected chi connectivity index (χ0v) is 15.8. The summed E-state index contributed by atoms with van der Waals surface area (Å²) in [5.74, 6) is -0.839. The first kappa shape index (κ1) is 19.3. The molecule has 1 aliphatic rings. The SMILES string of the molecule is CN1CCC(NC(=O)c2ccccc2NS(=O)(=O)c2ccc(F)cc2)CC1. The van der Waals surface area contributed by atoms with Crippen LogP contribution >= 0.6 is 0 Å². The molecule has 3 rings (SSSR count). The number of carbonyl (C=O) groups excluding carboxylic acids is 1. The predicted molar refractivity (Wildman–Crippen MR) is 102 cm³/mol. The molecule has 0 spiro atoms. The standard InChI is InChI=1S/C19H22FN3O3S/c1-23-12-10-15(11-13-23)21-19(24)17-4-2-3-5-18(17)22-27(25,26)16-8-6-14(20)7-9-16/h2-9,15,22H,10-13H2,1H3,(H,21,24). The maximum atomic E-state index is 13.0. The third-order valence-corrected chi connectivity index (χ3v) is 5.98. The Morgan fingerprint density at radius 3 is 2.37 bits per heavy atom. The molecule has 2 aromatic rings. The average molecular weight is 391 g/mol. The van der Waals surface area contributed by atoms with Gasteiger partial charge in [0.1, 0.15) is 5.82 Å². The number of anilines is 1. The van der Waals surface area contributed by atoms with Gasteiger partial charge in [-0.1, -0.05) is 12.1 Å². The summed E-state index contributed by atoms with van der Waals surface area (Å²) in [6, 6.07) is 11.0. The minimum absolute atomic E-state index is 0.0652. The van der Waals surface area contributed by atoms with E-state index < -0.39 is 15.8 Å². The monoisotopic (exact) mass is 391 g/mol. The number of benzene rings is 2. The molecule has 0 radical (unpaired) electrons. The van der Waals surface area contributed by atoms with E-state index in [9.17, 15) is 17.6 Å². The topological polar surface area (TPSA) is 78.5 Å². The van der Waals surface area contributed by atoms with Crippen molar-refractivity contribution in [3.63, 3.8) is 0 Å². The number of nitrogens with one attached hydrogen (secondary N) is 2. The summed E-state index contributed by atoms with van der Waals surface area (Å²) in [6.07, 6.45) is 1.71. The van der Waals surface area contributed by atoms with Gasteiger partial charge >= 0.3 is 0 Å². The Hall–Kier alpha value is -2.45. The van der Waals surface area contributed by atoms with Crippen LogP contribution in [0.5, 0.6) is 0 Å². The maximum Gasteiger partial charge on any atom is 0.261 e. The van der Waals surface area contributed by atoms with Gasteiger partial charge in [0.15, 0.2) is 0 Å². The van der Waals surface area contributed by atoms with E-state index in [4.69, 9.17) is 0 Å². The quantitative estimate of drug-likeness (QED) is 0.821. The highest BCUT2D eigenvalue weighted by Gasteiger charge is 2.22. The van der Waals surface area contributed by atoms with Crippen molar-refractivity contribution in [3.05, 3.63) is 59.9 Å². The minimum atomic E-state index is -3.93. The van der Waals surface area contributed by atoms with Crippen molar-refractivity contribution in [2.24, 2.45) is 0 Å². The number of para-hydroxylation sites is 1. The molecule has 0 atom stereocenters. The smallest absolute Gasteiger partial charge is 0.261 e. The van der Waals surface area contributed by atoms with Gasteiger partial charge in [-0.05, 0) is 69.4 Å². The molecule has 1 amide bonds. The number of amides is 1. The van der Waals surface area contributed by atoms with E-state index in [2.05, 4.69) is 14.9 Å². The van der Waals surface area contributed by atoms with Crippen LogP contribution in [-0.4, -0.2) is 45.4 Å². The zero-order chi connectivity index (χ0) is 19.4. The summed E-state index contributed by atoms with van der Waals surface area (Å²) in [6.45, 7) is 1.81. The van der Waals surface area contributed by atoms with Crippen LogP contribution < -0.4 is 10.0 Å². The van der Waals surface area contributed by atoms with E-state index in [1.54, 1.807) is 18.2 Å². The van der Waals surface area contributed by atoms with Crippen LogP contribution in [0.15, 0.2) is 53.4 Å². The van der Waals surface area contributed by atoms with Crippen molar-refractivity contribution >= 4 is 21.6 Å². The number of piperidine rings is 1. The predicted octanol–water partition coefficient (Wildman–Crippen LogP) is 2.45. The lowest BCUT2D eigenvalue weighted by atomic mass is 10.0. The Morgan fingerprint density at radius 2 is 1.70 bits per heavy atom. The highest BCUT2D eigenvalue weighted by Crippen LogP contribution is 2.21. The second kappa shape index (κ2) is 8.06. The lowest BCUT2D eigenvalue weighted by molar-refractivity contribution is 0.0918. The number of sulfonamides is 1. The Morgan fingerprint density at radius 1 is 1.07 bits per heavy atom. The molecule has 27 heavy (non-hydrogen) atoms. The van der Waals surface area contributed by atoms with Gasteiger partial charge in [0.05, 0.1) is 16.1 Å². The summed E-state index contributed by atoms with van der Waals surface area (Å²) in [5.41, 5.74) is 0.439. The summed E-state index contributed by atoms with van der Waals surface area (Å²) < 4.78 is 40.6. The molecule has 2 N–H and O–H groups in total. The van der Waals surface area contributed by atoms with E-state index in [0.29, 0.717) is 0 Å². The molecule has 1 fully saturated rings.